The topological polar surface area (TPSA) is 65.7 Å². The summed E-state index contributed by atoms with van der Waals surface area (Å²) in [5, 5.41) is 3.19. The Kier molecular flexibility index (Phi) is 5.63. The number of benzene rings is 1. The fourth-order valence-electron chi connectivity index (χ4n) is 1.70. The molecule has 106 valence electrons. The molecule has 0 spiro atoms. The second kappa shape index (κ2) is 6.99. The first-order valence-electron chi connectivity index (χ1n) is 6.50. The van der Waals surface area contributed by atoms with Crippen LogP contribution >= 0.6 is 0 Å². The highest BCUT2D eigenvalue weighted by Gasteiger charge is 2.04. The van der Waals surface area contributed by atoms with Crippen molar-refractivity contribution in [1.82, 2.24) is 5.43 Å². The van der Waals surface area contributed by atoms with Crippen molar-refractivity contribution in [2.75, 3.05) is 30.9 Å². The molecule has 0 unspecified atom stereocenters. The Bertz CT molecular complexity index is 437. The van der Waals surface area contributed by atoms with Crippen molar-refractivity contribution in [2.24, 2.45) is 16.8 Å². The van der Waals surface area contributed by atoms with Crippen molar-refractivity contribution in [2.45, 2.75) is 20.8 Å². The summed E-state index contributed by atoms with van der Waals surface area (Å²) in [5.74, 6) is 6.57. The smallest absolute Gasteiger partial charge is 0.210 e. The molecule has 0 saturated carbocycles. The molecule has 0 radical (unpaired) electrons. The summed E-state index contributed by atoms with van der Waals surface area (Å²) in [6.45, 7) is 7.06. The zero-order chi connectivity index (χ0) is 14.4. The van der Waals surface area contributed by atoms with Crippen LogP contribution in [0.5, 0.6) is 0 Å². The van der Waals surface area contributed by atoms with Crippen LogP contribution in [0, 0.1) is 12.8 Å². The molecular formula is C14H25N5. The number of hydrazine groups is 1. The molecule has 0 bridgehead atoms. The maximum Gasteiger partial charge on any atom is 0.210 e. The molecule has 0 aliphatic rings. The first-order chi connectivity index (χ1) is 8.93. The van der Waals surface area contributed by atoms with E-state index in [-0.39, 0.29) is 0 Å². The van der Waals surface area contributed by atoms with Gasteiger partial charge in [-0.3, -0.25) is 10.4 Å². The number of hydrogen-bond acceptors (Lipinski definition) is 3. The van der Waals surface area contributed by atoms with Crippen LogP contribution in [-0.4, -0.2) is 26.6 Å². The third-order valence-corrected chi connectivity index (χ3v) is 2.70. The summed E-state index contributed by atoms with van der Waals surface area (Å²) in [7, 11) is 4.06. The van der Waals surface area contributed by atoms with Crippen LogP contribution in [0.4, 0.5) is 11.4 Å². The Morgan fingerprint density at radius 2 is 2.05 bits per heavy atom. The minimum atomic E-state index is 0.500. The maximum atomic E-state index is 5.48. The van der Waals surface area contributed by atoms with Gasteiger partial charge in [0, 0.05) is 32.0 Å². The first kappa shape index (κ1) is 15.3. The highest BCUT2D eigenvalue weighted by molar-refractivity contribution is 5.93. The number of anilines is 2. The Balaban J connectivity index is 2.86. The zero-order valence-electron chi connectivity index (χ0n) is 12.5. The van der Waals surface area contributed by atoms with Crippen molar-refractivity contribution in [3.63, 3.8) is 0 Å². The lowest BCUT2D eigenvalue weighted by Crippen LogP contribution is -2.36. The fourth-order valence-corrected chi connectivity index (χ4v) is 1.70. The van der Waals surface area contributed by atoms with E-state index in [0.717, 1.165) is 12.2 Å². The molecule has 5 nitrogen and oxygen atoms in total. The van der Waals surface area contributed by atoms with Crippen LogP contribution in [0.3, 0.4) is 0 Å². The molecule has 1 rings (SSSR count). The van der Waals surface area contributed by atoms with Crippen molar-refractivity contribution in [1.29, 1.82) is 0 Å². The van der Waals surface area contributed by atoms with E-state index >= 15 is 0 Å². The molecule has 0 aliphatic carbocycles. The number of aryl methyl sites for hydroxylation is 1. The van der Waals surface area contributed by atoms with E-state index in [1.807, 2.05) is 20.2 Å². The summed E-state index contributed by atoms with van der Waals surface area (Å²) < 4.78 is 0. The molecule has 1 aromatic carbocycles. The normalized spacial score (nSPS) is 11.6. The van der Waals surface area contributed by atoms with Gasteiger partial charge in [0.05, 0.1) is 0 Å². The average Bonchev–Trinajstić information content (AvgIpc) is 2.35. The van der Waals surface area contributed by atoms with E-state index < -0.39 is 0 Å². The Morgan fingerprint density at radius 1 is 1.37 bits per heavy atom. The van der Waals surface area contributed by atoms with Gasteiger partial charge in [0.1, 0.15) is 0 Å². The lowest BCUT2D eigenvalue weighted by Gasteiger charge is -2.18. The first-order valence-corrected chi connectivity index (χ1v) is 6.50. The van der Waals surface area contributed by atoms with E-state index in [0.29, 0.717) is 11.9 Å². The number of aliphatic imine (C=N–C) groups is 1. The zero-order valence-corrected chi connectivity index (χ0v) is 12.5. The minimum absolute atomic E-state index is 0.500. The fraction of sp³-hybridized carbons (Fsp3) is 0.500. The van der Waals surface area contributed by atoms with Crippen LogP contribution in [0.1, 0.15) is 19.4 Å². The number of guanidine groups is 1. The lowest BCUT2D eigenvalue weighted by atomic mass is 10.1. The SMILES string of the molecule is Cc1ccc(NC(=NCC(C)C)NN)cc1N(C)C. The highest BCUT2D eigenvalue weighted by Crippen LogP contribution is 2.22. The summed E-state index contributed by atoms with van der Waals surface area (Å²) in [6.07, 6.45) is 0. The molecule has 5 heteroatoms. The monoisotopic (exact) mass is 263 g/mol. The van der Waals surface area contributed by atoms with Crippen molar-refractivity contribution >= 4 is 17.3 Å². The number of hydrogen-bond donors (Lipinski definition) is 3. The Hall–Kier alpha value is -1.75. The quantitative estimate of drug-likeness (QED) is 0.336. The summed E-state index contributed by atoms with van der Waals surface area (Å²) in [4.78, 5) is 6.47. The Labute approximate surface area is 115 Å². The van der Waals surface area contributed by atoms with Crippen LogP contribution in [0.25, 0.3) is 0 Å². The van der Waals surface area contributed by atoms with Gasteiger partial charge in [-0.15, -0.1) is 0 Å². The van der Waals surface area contributed by atoms with Gasteiger partial charge in [0.2, 0.25) is 5.96 Å². The number of rotatable bonds is 4. The van der Waals surface area contributed by atoms with Crippen LogP contribution < -0.4 is 21.5 Å². The predicted octanol–water partition coefficient (Wildman–Crippen LogP) is 1.95. The molecule has 1 aromatic rings. The molecule has 19 heavy (non-hydrogen) atoms. The summed E-state index contributed by atoms with van der Waals surface area (Å²) in [5.41, 5.74) is 5.97. The second-order valence-electron chi connectivity index (χ2n) is 5.25. The molecule has 0 atom stereocenters. The van der Waals surface area contributed by atoms with E-state index in [1.165, 1.54) is 11.3 Å². The van der Waals surface area contributed by atoms with E-state index in [1.54, 1.807) is 0 Å². The van der Waals surface area contributed by atoms with Crippen LogP contribution in [0.15, 0.2) is 23.2 Å². The number of nitrogens with zero attached hydrogens (tertiary/aromatic N) is 2. The molecule has 0 heterocycles. The van der Waals surface area contributed by atoms with E-state index in [4.69, 9.17) is 5.84 Å². The summed E-state index contributed by atoms with van der Waals surface area (Å²) in [6, 6.07) is 6.18. The standard InChI is InChI=1S/C14H25N5/c1-10(2)9-16-14(18-15)17-12-7-6-11(3)13(8-12)19(4)5/h6-8,10H,9,15H2,1-5H3,(H2,16,17,18). The average molecular weight is 263 g/mol. The van der Waals surface area contributed by atoms with Crippen molar-refractivity contribution in [3.8, 4) is 0 Å². The van der Waals surface area contributed by atoms with Gasteiger partial charge in [-0.05, 0) is 30.5 Å². The molecule has 0 aliphatic heterocycles. The second-order valence-corrected chi connectivity index (χ2v) is 5.25. The number of nitrogens with one attached hydrogen (secondary N) is 2. The van der Waals surface area contributed by atoms with Gasteiger partial charge < -0.3 is 10.2 Å². The van der Waals surface area contributed by atoms with Gasteiger partial charge in [0.15, 0.2) is 0 Å². The van der Waals surface area contributed by atoms with Gasteiger partial charge in [-0.2, -0.15) is 0 Å². The maximum absolute atomic E-state index is 5.48. The molecule has 0 saturated heterocycles. The van der Waals surface area contributed by atoms with Gasteiger partial charge in [0.25, 0.3) is 0 Å². The van der Waals surface area contributed by atoms with Crippen LogP contribution in [-0.2, 0) is 0 Å². The minimum Gasteiger partial charge on any atom is -0.377 e. The van der Waals surface area contributed by atoms with Gasteiger partial charge in [-0.25, -0.2) is 5.84 Å². The molecular weight excluding hydrogens is 238 g/mol. The largest absolute Gasteiger partial charge is 0.377 e. The predicted molar refractivity (Wildman–Crippen MR) is 83.6 cm³/mol. The summed E-state index contributed by atoms with van der Waals surface area (Å²) >= 11 is 0. The lowest BCUT2D eigenvalue weighted by molar-refractivity contribution is 0.663. The third-order valence-electron chi connectivity index (χ3n) is 2.70. The Morgan fingerprint density at radius 3 is 2.58 bits per heavy atom. The van der Waals surface area contributed by atoms with Crippen molar-refractivity contribution in [3.05, 3.63) is 23.8 Å². The number of nitrogens with two attached hydrogens (primary N) is 1. The van der Waals surface area contributed by atoms with Crippen LogP contribution in [0.2, 0.25) is 0 Å². The third kappa shape index (κ3) is 4.79. The molecule has 4 N–H and O–H groups in total. The van der Waals surface area contributed by atoms with E-state index in [9.17, 15) is 0 Å². The van der Waals surface area contributed by atoms with Gasteiger partial charge >= 0.3 is 0 Å². The molecule has 0 fully saturated rings. The van der Waals surface area contributed by atoms with E-state index in [2.05, 4.69) is 53.5 Å². The molecule has 0 amide bonds. The van der Waals surface area contributed by atoms with Gasteiger partial charge in [-0.1, -0.05) is 19.9 Å². The van der Waals surface area contributed by atoms with Crippen molar-refractivity contribution < 1.29 is 0 Å². The molecule has 0 aromatic heterocycles. The highest BCUT2D eigenvalue weighted by atomic mass is 15.3.